The van der Waals surface area contributed by atoms with E-state index in [0.717, 1.165) is 55.6 Å². The number of hydrogen-bond acceptors (Lipinski definition) is 5. The topological polar surface area (TPSA) is 72.5 Å². The Morgan fingerprint density at radius 1 is 1.00 bits per heavy atom. The number of amides is 1. The van der Waals surface area contributed by atoms with Gasteiger partial charge < -0.3 is 20.1 Å². The second-order valence-corrected chi connectivity index (χ2v) is 8.55. The first kappa shape index (κ1) is 22.4. The number of hydrogen-bond donors (Lipinski definition) is 2. The molecule has 0 aliphatic heterocycles. The molecular formula is C27H29N3O3. The molecule has 1 amide bonds. The summed E-state index contributed by atoms with van der Waals surface area (Å²) in [5.41, 5.74) is 6.78. The van der Waals surface area contributed by atoms with Gasteiger partial charge in [-0.05, 0) is 74.7 Å². The fourth-order valence-electron chi connectivity index (χ4n) is 3.85. The number of fused-ring (bicyclic) bond motifs is 2. The standard InChI is InChI=1S/C27H29N3O3/c1-16(2)28-27(31)33-15-19-7-6-8-20(13-19)29-26-21-10-9-17(3)11-23(21)30-24-12-18(4)25(32-5)14-22(24)26/h6-14,16H,15H2,1-5H3,(H,28,31)(H,29,30). The lowest BCUT2D eigenvalue weighted by Gasteiger charge is -2.16. The summed E-state index contributed by atoms with van der Waals surface area (Å²) in [6, 6.07) is 18.3. The van der Waals surface area contributed by atoms with Crippen LogP contribution < -0.4 is 15.4 Å². The van der Waals surface area contributed by atoms with E-state index in [-0.39, 0.29) is 12.6 Å². The highest BCUT2D eigenvalue weighted by Crippen LogP contribution is 2.36. The van der Waals surface area contributed by atoms with Gasteiger partial charge in [0.2, 0.25) is 0 Å². The summed E-state index contributed by atoms with van der Waals surface area (Å²) in [4.78, 5) is 16.8. The number of nitrogens with zero attached hydrogens (tertiary/aromatic N) is 1. The minimum Gasteiger partial charge on any atom is -0.496 e. The first-order valence-corrected chi connectivity index (χ1v) is 11.0. The number of benzene rings is 3. The number of aryl methyl sites for hydroxylation is 2. The third kappa shape index (κ3) is 5.00. The summed E-state index contributed by atoms with van der Waals surface area (Å²) in [5, 5.41) is 8.32. The predicted molar refractivity (Wildman–Crippen MR) is 133 cm³/mol. The smallest absolute Gasteiger partial charge is 0.407 e. The van der Waals surface area contributed by atoms with Crippen molar-refractivity contribution in [2.45, 2.75) is 40.3 Å². The molecule has 0 spiro atoms. The second kappa shape index (κ2) is 9.36. The van der Waals surface area contributed by atoms with Crippen LogP contribution in [-0.4, -0.2) is 24.2 Å². The molecular weight excluding hydrogens is 414 g/mol. The molecule has 170 valence electrons. The molecule has 3 aromatic carbocycles. The average Bonchev–Trinajstić information content (AvgIpc) is 2.77. The van der Waals surface area contributed by atoms with Crippen molar-refractivity contribution in [3.05, 3.63) is 71.3 Å². The summed E-state index contributed by atoms with van der Waals surface area (Å²) in [7, 11) is 1.68. The number of nitrogens with one attached hydrogen (secondary N) is 2. The van der Waals surface area contributed by atoms with Crippen molar-refractivity contribution in [3.63, 3.8) is 0 Å². The molecule has 0 aliphatic carbocycles. The van der Waals surface area contributed by atoms with E-state index in [4.69, 9.17) is 14.5 Å². The Kier molecular flexibility index (Phi) is 6.36. The number of carbonyl (C=O) groups excluding carboxylic acids is 1. The van der Waals surface area contributed by atoms with Crippen LogP contribution in [0.5, 0.6) is 5.75 Å². The molecule has 0 bridgehead atoms. The van der Waals surface area contributed by atoms with Gasteiger partial charge in [0, 0.05) is 22.5 Å². The van der Waals surface area contributed by atoms with Gasteiger partial charge in [-0.1, -0.05) is 24.3 Å². The molecule has 1 aromatic heterocycles. The van der Waals surface area contributed by atoms with Crippen LogP contribution in [0.4, 0.5) is 16.2 Å². The quantitative estimate of drug-likeness (QED) is 0.338. The van der Waals surface area contributed by atoms with Gasteiger partial charge in [0.05, 0.1) is 23.8 Å². The molecule has 0 radical (unpaired) electrons. The van der Waals surface area contributed by atoms with Gasteiger partial charge in [0.15, 0.2) is 0 Å². The van der Waals surface area contributed by atoms with Crippen LogP contribution in [0.1, 0.15) is 30.5 Å². The van der Waals surface area contributed by atoms with E-state index in [1.165, 1.54) is 0 Å². The van der Waals surface area contributed by atoms with Gasteiger partial charge in [0.1, 0.15) is 12.4 Å². The Balaban J connectivity index is 1.73. The number of carbonyl (C=O) groups is 1. The summed E-state index contributed by atoms with van der Waals surface area (Å²) < 4.78 is 10.9. The lowest BCUT2D eigenvalue weighted by atomic mass is 10.0. The van der Waals surface area contributed by atoms with Crippen molar-refractivity contribution in [2.24, 2.45) is 0 Å². The van der Waals surface area contributed by atoms with Gasteiger partial charge in [-0.25, -0.2) is 9.78 Å². The fourth-order valence-corrected chi connectivity index (χ4v) is 3.85. The minimum absolute atomic E-state index is 0.0306. The van der Waals surface area contributed by atoms with E-state index in [2.05, 4.69) is 41.8 Å². The van der Waals surface area contributed by atoms with E-state index < -0.39 is 6.09 Å². The van der Waals surface area contributed by atoms with E-state index in [1.807, 2.05) is 51.1 Å². The lowest BCUT2D eigenvalue weighted by Crippen LogP contribution is -2.30. The van der Waals surface area contributed by atoms with E-state index in [0.29, 0.717) is 0 Å². The van der Waals surface area contributed by atoms with Crippen molar-refractivity contribution in [3.8, 4) is 5.75 Å². The highest BCUT2D eigenvalue weighted by Gasteiger charge is 2.13. The largest absolute Gasteiger partial charge is 0.496 e. The molecule has 6 heteroatoms. The van der Waals surface area contributed by atoms with E-state index in [1.54, 1.807) is 7.11 Å². The van der Waals surface area contributed by atoms with Crippen molar-refractivity contribution >= 4 is 39.3 Å². The average molecular weight is 444 g/mol. The predicted octanol–water partition coefficient (Wildman–Crippen LogP) is 6.39. The fraction of sp³-hybridized carbons (Fsp3) is 0.259. The Bertz CT molecular complexity index is 1330. The highest BCUT2D eigenvalue weighted by atomic mass is 16.5. The van der Waals surface area contributed by atoms with Crippen LogP contribution in [0.2, 0.25) is 0 Å². The molecule has 2 N–H and O–H groups in total. The number of rotatable bonds is 6. The maximum atomic E-state index is 11.8. The number of ether oxygens (including phenoxy) is 2. The first-order valence-electron chi connectivity index (χ1n) is 11.0. The van der Waals surface area contributed by atoms with Crippen LogP contribution in [0.3, 0.4) is 0 Å². The third-order valence-electron chi connectivity index (χ3n) is 5.42. The normalized spacial score (nSPS) is 11.1. The van der Waals surface area contributed by atoms with Crippen molar-refractivity contribution in [2.75, 3.05) is 12.4 Å². The van der Waals surface area contributed by atoms with Crippen molar-refractivity contribution in [1.29, 1.82) is 0 Å². The number of methoxy groups -OCH3 is 1. The monoisotopic (exact) mass is 443 g/mol. The zero-order chi connectivity index (χ0) is 23.5. The van der Waals surface area contributed by atoms with E-state index >= 15 is 0 Å². The van der Waals surface area contributed by atoms with Gasteiger partial charge in [-0.2, -0.15) is 0 Å². The molecule has 4 rings (SSSR count). The Hall–Kier alpha value is -3.80. The number of aromatic nitrogens is 1. The van der Waals surface area contributed by atoms with Crippen LogP contribution in [0.25, 0.3) is 21.8 Å². The molecule has 0 saturated heterocycles. The molecule has 0 saturated carbocycles. The maximum absolute atomic E-state index is 11.8. The minimum atomic E-state index is -0.424. The summed E-state index contributed by atoms with van der Waals surface area (Å²) in [6.45, 7) is 8.07. The van der Waals surface area contributed by atoms with Gasteiger partial charge >= 0.3 is 6.09 Å². The first-order chi connectivity index (χ1) is 15.8. The molecule has 0 aliphatic rings. The van der Waals surface area contributed by atoms with E-state index in [9.17, 15) is 4.79 Å². The summed E-state index contributed by atoms with van der Waals surface area (Å²) in [5.74, 6) is 0.817. The zero-order valence-corrected chi connectivity index (χ0v) is 19.7. The third-order valence-corrected chi connectivity index (χ3v) is 5.42. The molecule has 1 heterocycles. The van der Waals surface area contributed by atoms with Crippen LogP contribution >= 0.6 is 0 Å². The lowest BCUT2D eigenvalue weighted by molar-refractivity contribution is 0.137. The SMILES string of the molecule is COc1cc2c(Nc3cccc(COC(=O)NC(C)C)c3)c3ccc(C)cc3nc2cc1C. The van der Waals surface area contributed by atoms with Gasteiger partial charge in [-0.3, -0.25) is 0 Å². The van der Waals surface area contributed by atoms with Crippen LogP contribution in [-0.2, 0) is 11.3 Å². The highest BCUT2D eigenvalue weighted by molar-refractivity contribution is 6.09. The van der Waals surface area contributed by atoms with Crippen LogP contribution in [0.15, 0.2) is 54.6 Å². The Morgan fingerprint density at radius 2 is 1.79 bits per heavy atom. The Labute approximate surface area is 193 Å². The molecule has 0 atom stereocenters. The second-order valence-electron chi connectivity index (χ2n) is 8.55. The molecule has 0 unspecified atom stereocenters. The number of alkyl carbamates (subject to hydrolysis) is 1. The van der Waals surface area contributed by atoms with Gasteiger partial charge in [0.25, 0.3) is 0 Å². The zero-order valence-electron chi connectivity index (χ0n) is 19.7. The molecule has 6 nitrogen and oxygen atoms in total. The van der Waals surface area contributed by atoms with Crippen molar-refractivity contribution < 1.29 is 14.3 Å². The summed E-state index contributed by atoms with van der Waals surface area (Å²) >= 11 is 0. The molecule has 4 aromatic rings. The number of anilines is 2. The molecule has 0 fully saturated rings. The van der Waals surface area contributed by atoms with Gasteiger partial charge in [-0.15, -0.1) is 0 Å². The maximum Gasteiger partial charge on any atom is 0.407 e. The summed E-state index contributed by atoms with van der Waals surface area (Å²) in [6.07, 6.45) is -0.424. The van der Waals surface area contributed by atoms with Crippen molar-refractivity contribution in [1.82, 2.24) is 10.3 Å². The Morgan fingerprint density at radius 3 is 2.55 bits per heavy atom. The van der Waals surface area contributed by atoms with Crippen LogP contribution in [0, 0.1) is 13.8 Å². The number of pyridine rings is 1. The molecule has 33 heavy (non-hydrogen) atoms.